The van der Waals surface area contributed by atoms with E-state index in [-0.39, 0.29) is 18.1 Å². The summed E-state index contributed by atoms with van der Waals surface area (Å²) in [6, 6.07) is 0. The Balaban J connectivity index is 2.34. The van der Waals surface area contributed by atoms with E-state index in [9.17, 15) is 9.59 Å². The Morgan fingerprint density at radius 1 is 1.40 bits per heavy atom. The van der Waals surface area contributed by atoms with Crippen LogP contribution < -0.4 is 0 Å². The van der Waals surface area contributed by atoms with Crippen molar-refractivity contribution in [3.63, 3.8) is 0 Å². The first-order valence-corrected chi connectivity index (χ1v) is 5.21. The average Bonchev–Trinajstić information content (AvgIpc) is 2.50. The van der Waals surface area contributed by atoms with Gasteiger partial charge in [0.05, 0.1) is 6.61 Å². The summed E-state index contributed by atoms with van der Waals surface area (Å²) in [6.45, 7) is 6.42. The minimum absolute atomic E-state index is 0.0678. The van der Waals surface area contributed by atoms with Crippen LogP contribution in [0.4, 0.5) is 0 Å². The summed E-state index contributed by atoms with van der Waals surface area (Å²) in [7, 11) is 0. The predicted molar refractivity (Wildman–Crippen MR) is 54.4 cm³/mol. The van der Waals surface area contributed by atoms with Gasteiger partial charge < -0.3 is 9.47 Å². The lowest BCUT2D eigenvalue weighted by Crippen LogP contribution is -2.27. The number of ether oxygens (including phenoxy) is 2. The van der Waals surface area contributed by atoms with Crippen LogP contribution >= 0.6 is 0 Å². The van der Waals surface area contributed by atoms with Crippen molar-refractivity contribution in [3.8, 4) is 0 Å². The second-order valence-corrected chi connectivity index (χ2v) is 4.79. The Morgan fingerprint density at radius 3 is 2.53 bits per heavy atom. The lowest BCUT2D eigenvalue weighted by molar-refractivity contribution is -0.156. The van der Waals surface area contributed by atoms with E-state index in [1.807, 2.05) is 0 Å². The molecule has 0 unspecified atom stereocenters. The monoisotopic (exact) mass is 214 g/mol. The lowest BCUT2D eigenvalue weighted by Gasteiger charge is -2.19. The summed E-state index contributed by atoms with van der Waals surface area (Å²) in [5.74, 6) is -0.626. The predicted octanol–water partition coefficient (Wildman–Crippen LogP) is 1.32. The van der Waals surface area contributed by atoms with Gasteiger partial charge in [0.1, 0.15) is 17.8 Å². The Labute approximate surface area is 89.9 Å². The van der Waals surface area contributed by atoms with Crippen LogP contribution in [0.2, 0.25) is 0 Å². The van der Waals surface area contributed by atoms with E-state index in [1.54, 1.807) is 20.8 Å². The van der Waals surface area contributed by atoms with Gasteiger partial charge in [0.25, 0.3) is 0 Å². The van der Waals surface area contributed by atoms with Gasteiger partial charge in [0.2, 0.25) is 0 Å². The molecule has 1 aliphatic heterocycles. The molecule has 0 bridgehead atoms. The number of carbonyl (C=O) groups excluding carboxylic acids is 2. The topological polar surface area (TPSA) is 52.6 Å². The van der Waals surface area contributed by atoms with Gasteiger partial charge >= 0.3 is 5.97 Å². The zero-order chi connectivity index (χ0) is 11.5. The second kappa shape index (κ2) is 4.75. The Hall–Kier alpha value is -0.900. The van der Waals surface area contributed by atoms with Crippen molar-refractivity contribution in [1.82, 2.24) is 0 Å². The third-order valence-corrected chi connectivity index (χ3v) is 2.12. The molecule has 0 aliphatic carbocycles. The van der Waals surface area contributed by atoms with Gasteiger partial charge in [-0.2, -0.15) is 0 Å². The molecule has 4 heteroatoms. The minimum Gasteiger partial charge on any atom is -0.460 e. The van der Waals surface area contributed by atoms with Crippen LogP contribution in [0, 0.1) is 5.92 Å². The molecule has 1 aliphatic rings. The summed E-state index contributed by atoms with van der Waals surface area (Å²) in [5.41, 5.74) is -0.524. The quantitative estimate of drug-likeness (QED) is 0.525. The molecular weight excluding hydrogens is 196 g/mol. The molecule has 0 radical (unpaired) electrons. The maximum Gasteiger partial charge on any atom is 0.313 e. The van der Waals surface area contributed by atoms with E-state index in [0.29, 0.717) is 13.2 Å². The van der Waals surface area contributed by atoms with Crippen LogP contribution in [0.1, 0.15) is 33.6 Å². The highest BCUT2D eigenvalue weighted by Crippen LogP contribution is 2.16. The summed E-state index contributed by atoms with van der Waals surface area (Å²) >= 11 is 0. The Bertz CT molecular complexity index is 246. The van der Waals surface area contributed by atoms with Gasteiger partial charge in [-0.1, -0.05) is 0 Å². The van der Waals surface area contributed by atoms with E-state index in [4.69, 9.17) is 9.47 Å². The standard InChI is InChI=1S/C11H18O4/c1-11(2,3)15-10(13)6-9(12)8-4-5-14-7-8/h8H,4-7H2,1-3H3/t8-/m0/s1. The molecule has 1 fully saturated rings. The fraction of sp³-hybridized carbons (Fsp3) is 0.818. The van der Waals surface area contributed by atoms with Crippen molar-refractivity contribution in [2.45, 2.75) is 39.2 Å². The highest BCUT2D eigenvalue weighted by atomic mass is 16.6. The minimum atomic E-state index is -0.524. The number of hydrogen-bond donors (Lipinski definition) is 0. The van der Waals surface area contributed by atoms with Crippen molar-refractivity contribution in [3.05, 3.63) is 0 Å². The van der Waals surface area contributed by atoms with Crippen molar-refractivity contribution < 1.29 is 19.1 Å². The van der Waals surface area contributed by atoms with Crippen LogP contribution in [0.25, 0.3) is 0 Å². The smallest absolute Gasteiger partial charge is 0.313 e. The third-order valence-electron chi connectivity index (χ3n) is 2.12. The number of hydrogen-bond acceptors (Lipinski definition) is 4. The molecule has 0 aromatic rings. The number of esters is 1. The summed E-state index contributed by atoms with van der Waals surface area (Å²) in [5, 5.41) is 0. The molecule has 0 spiro atoms. The van der Waals surface area contributed by atoms with Gasteiger partial charge in [-0.3, -0.25) is 9.59 Å². The van der Waals surface area contributed by atoms with Gasteiger partial charge in [-0.05, 0) is 27.2 Å². The van der Waals surface area contributed by atoms with E-state index in [1.165, 1.54) is 0 Å². The molecule has 1 rings (SSSR count). The number of ketones is 1. The van der Waals surface area contributed by atoms with Gasteiger partial charge in [0.15, 0.2) is 0 Å². The van der Waals surface area contributed by atoms with Crippen molar-refractivity contribution in [1.29, 1.82) is 0 Å². The molecule has 15 heavy (non-hydrogen) atoms. The van der Waals surface area contributed by atoms with Gasteiger partial charge in [-0.15, -0.1) is 0 Å². The molecule has 4 nitrogen and oxygen atoms in total. The summed E-state index contributed by atoms with van der Waals surface area (Å²) in [4.78, 5) is 22.9. The summed E-state index contributed by atoms with van der Waals surface area (Å²) in [6.07, 6.45) is 0.590. The second-order valence-electron chi connectivity index (χ2n) is 4.79. The molecular formula is C11H18O4. The molecule has 0 aromatic carbocycles. The first kappa shape index (κ1) is 12.2. The first-order valence-electron chi connectivity index (χ1n) is 5.21. The fourth-order valence-electron chi connectivity index (χ4n) is 1.45. The van der Waals surface area contributed by atoms with Crippen molar-refractivity contribution in [2.75, 3.05) is 13.2 Å². The average molecular weight is 214 g/mol. The van der Waals surface area contributed by atoms with Crippen LogP contribution in [0.5, 0.6) is 0 Å². The third kappa shape index (κ3) is 4.42. The molecule has 1 saturated heterocycles. The number of rotatable bonds is 3. The zero-order valence-corrected chi connectivity index (χ0v) is 9.54. The molecule has 0 N–H and O–H groups in total. The van der Waals surface area contributed by atoms with Crippen molar-refractivity contribution in [2.24, 2.45) is 5.92 Å². The van der Waals surface area contributed by atoms with Gasteiger partial charge in [-0.25, -0.2) is 0 Å². The van der Waals surface area contributed by atoms with E-state index in [2.05, 4.69) is 0 Å². The first-order chi connectivity index (χ1) is 6.88. The van der Waals surface area contributed by atoms with Crippen LogP contribution in [-0.4, -0.2) is 30.6 Å². The van der Waals surface area contributed by atoms with Crippen LogP contribution in [0.15, 0.2) is 0 Å². The largest absolute Gasteiger partial charge is 0.460 e. The lowest BCUT2D eigenvalue weighted by atomic mass is 10.0. The van der Waals surface area contributed by atoms with Crippen molar-refractivity contribution >= 4 is 11.8 Å². The van der Waals surface area contributed by atoms with Crippen LogP contribution in [-0.2, 0) is 19.1 Å². The highest BCUT2D eigenvalue weighted by molar-refractivity contribution is 5.97. The molecule has 1 atom stereocenters. The fourth-order valence-corrected chi connectivity index (χ4v) is 1.45. The Morgan fingerprint density at radius 2 is 2.07 bits per heavy atom. The summed E-state index contributed by atoms with van der Waals surface area (Å²) < 4.78 is 10.2. The van der Waals surface area contributed by atoms with Gasteiger partial charge in [0, 0.05) is 12.5 Å². The zero-order valence-electron chi connectivity index (χ0n) is 9.54. The maximum absolute atomic E-state index is 11.6. The number of carbonyl (C=O) groups is 2. The van der Waals surface area contributed by atoms with E-state index in [0.717, 1.165) is 6.42 Å². The Kier molecular flexibility index (Phi) is 3.85. The SMILES string of the molecule is CC(C)(C)OC(=O)CC(=O)[C@H]1CCOC1. The van der Waals surface area contributed by atoms with Crippen LogP contribution in [0.3, 0.4) is 0 Å². The van der Waals surface area contributed by atoms with E-state index < -0.39 is 11.6 Å². The molecule has 0 saturated carbocycles. The molecule has 1 heterocycles. The molecule has 86 valence electrons. The normalized spacial score (nSPS) is 21.4. The number of Topliss-reactive ketones (excluding diaryl/α,β-unsaturated/α-hetero) is 1. The maximum atomic E-state index is 11.6. The van der Waals surface area contributed by atoms with E-state index >= 15 is 0 Å². The molecule has 0 amide bonds. The molecule has 0 aromatic heterocycles. The highest BCUT2D eigenvalue weighted by Gasteiger charge is 2.27.